The van der Waals surface area contributed by atoms with Gasteiger partial charge in [0.25, 0.3) is 0 Å². The summed E-state index contributed by atoms with van der Waals surface area (Å²) in [5, 5.41) is 10.4. The van der Waals surface area contributed by atoms with Crippen LogP contribution in [0.3, 0.4) is 0 Å². The van der Waals surface area contributed by atoms with Crippen LogP contribution in [-0.4, -0.2) is 32.4 Å². The minimum Gasteiger partial charge on any atom is -0.342 e. The highest BCUT2D eigenvalue weighted by Gasteiger charge is 2.37. The fourth-order valence-electron chi connectivity index (χ4n) is 5.44. The highest BCUT2D eigenvalue weighted by Crippen LogP contribution is 2.46. The molecular formula is C25H24N6S. The number of piperidine rings is 1. The van der Waals surface area contributed by atoms with Crippen LogP contribution in [0.2, 0.25) is 0 Å². The average Bonchev–Trinajstić information content (AvgIpc) is 3.50. The van der Waals surface area contributed by atoms with Crippen molar-refractivity contribution in [2.45, 2.75) is 48.3 Å². The molecule has 7 heteroatoms. The van der Waals surface area contributed by atoms with Crippen molar-refractivity contribution >= 4 is 34.3 Å². The van der Waals surface area contributed by atoms with E-state index in [2.05, 4.69) is 25.3 Å². The number of nitrogens with zero attached hydrogens (tertiary/aromatic N) is 6. The highest BCUT2D eigenvalue weighted by atomic mass is 32.2. The second kappa shape index (κ2) is 7.79. The number of anilines is 1. The van der Waals surface area contributed by atoms with Crippen LogP contribution in [0, 0.1) is 16.7 Å². The van der Waals surface area contributed by atoms with Crippen LogP contribution in [-0.2, 0) is 0 Å². The first-order chi connectivity index (χ1) is 15.8. The SMILES string of the molecule is N#Cc1cccc2c(Sc3cnc(N4CCC5(CCCC5)CC4)n4ccnc34)ccnc12. The Kier molecular flexibility index (Phi) is 4.76. The number of pyridine rings is 1. The second-order valence-corrected chi connectivity index (χ2v) is 10.0. The molecule has 0 N–H and O–H groups in total. The van der Waals surface area contributed by atoms with Crippen molar-refractivity contribution in [3.05, 3.63) is 54.6 Å². The van der Waals surface area contributed by atoms with E-state index in [1.165, 1.54) is 38.5 Å². The zero-order valence-electron chi connectivity index (χ0n) is 17.9. The van der Waals surface area contributed by atoms with Gasteiger partial charge in [0.15, 0.2) is 5.65 Å². The number of para-hydroxylation sites is 1. The third-order valence-electron chi connectivity index (χ3n) is 7.22. The van der Waals surface area contributed by atoms with Crippen molar-refractivity contribution in [1.82, 2.24) is 19.4 Å². The largest absolute Gasteiger partial charge is 0.342 e. The van der Waals surface area contributed by atoms with Crippen molar-refractivity contribution in [2.75, 3.05) is 18.0 Å². The molecule has 1 saturated heterocycles. The molecule has 1 spiro atoms. The van der Waals surface area contributed by atoms with Gasteiger partial charge < -0.3 is 4.90 Å². The summed E-state index contributed by atoms with van der Waals surface area (Å²) in [4.78, 5) is 18.5. The summed E-state index contributed by atoms with van der Waals surface area (Å²) in [5.41, 5.74) is 2.83. The molecule has 4 heterocycles. The number of imidazole rings is 1. The van der Waals surface area contributed by atoms with Crippen molar-refractivity contribution in [3.8, 4) is 6.07 Å². The van der Waals surface area contributed by atoms with Gasteiger partial charge in [0.2, 0.25) is 5.95 Å². The van der Waals surface area contributed by atoms with Gasteiger partial charge in [0, 0.05) is 48.2 Å². The van der Waals surface area contributed by atoms with Gasteiger partial charge in [-0.2, -0.15) is 5.26 Å². The predicted octanol–water partition coefficient (Wildman–Crippen LogP) is 5.46. The lowest BCUT2D eigenvalue weighted by Gasteiger charge is -2.39. The first-order valence-corrected chi connectivity index (χ1v) is 12.1. The zero-order chi connectivity index (χ0) is 21.5. The number of hydrogen-bond acceptors (Lipinski definition) is 6. The molecule has 6 nitrogen and oxygen atoms in total. The first-order valence-electron chi connectivity index (χ1n) is 11.3. The molecule has 6 rings (SSSR count). The summed E-state index contributed by atoms with van der Waals surface area (Å²) in [7, 11) is 0. The Morgan fingerprint density at radius 1 is 0.938 bits per heavy atom. The van der Waals surface area contributed by atoms with Crippen molar-refractivity contribution < 1.29 is 0 Å². The molecule has 2 aliphatic rings. The van der Waals surface area contributed by atoms with Gasteiger partial charge in [-0.1, -0.05) is 36.7 Å². The van der Waals surface area contributed by atoms with Gasteiger partial charge in [-0.25, -0.2) is 9.97 Å². The molecule has 2 fully saturated rings. The quantitative estimate of drug-likeness (QED) is 0.421. The summed E-state index contributed by atoms with van der Waals surface area (Å²) in [5.74, 6) is 0.987. The lowest BCUT2D eigenvalue weighted by Crippen LogP contribution is -2.40. The predicted molar refractivity (Wildman–Crippen MR) is 126 cm³/mol. The molecular weight excluding hydrogens is 416 g/mol. The summed E-state index contributed by atoms with van der Waals surface area (Å²) in [6, 6.07) is 9.97. The van der Waals surface area contributed by atoms with E-state index in [0.29, 0.717) is 11.0 Å². The van der Waals surface area contributed by atoms with E-state index < -0.39 is 0 Å². The van der Waals surface area contributed by atoms with Crippen LogP contribution in [0.1, 0.15) is 44.1 Å². The van der Waals surface area contributed by atoms with Gasteiger partial charge in [-0.15, -0.1) is 0 Å². The van der Waals surface area contributed by atoms with Crippen LogP contribution in [0.5, 0.6) is 0 Å². The first kappa shape index (κ1) is 19.6. The molecule has 0 bridgehead atoms. The van der Waals surface area contributed by atoms with Crippen molar-refractivity contribution in [1.29, 1.82) is 5.26 Å². The summed E-state index contributed by atoms with van der Waals surface area (Å²) in [6.45, 7) is 2.14. The van der Waals surface area contributed by atoms with E-state index in [-0.39, 0.29) is 0 Å². The summed E-state index contributed by atoms with van der Waals surface area (Å²) < 4.78 is 2.12. The molecule has 160 valence electrons. The normalized spacial score (nSPS) is 17.9. The minimum atomic E-state index is 0.588. The van der Waals surface area contributed by atoms with Gasteiger partial charge in [0.05, 0.1) is 16.0 Å². The molecule has 32 heavy (non-hydrogen) atoms. The number of benzene rings is 1. The highest BCUT2D eigenvalue weighted by molar-refractivity contribution is 7.99. The van der Waals surface area contributed by atoms with E-state index >= 15 is 0 Å². The Balaban J connectivity index is 1.33. The van der Waals surface area contributed by atoms with Gasteiger partial charge in [0.1, 0.15) is 6.07 Å². The Labute approximate surface area is 191 Å². The van der Waals surface area contributed by atoms with Crippen molar-refractivity contribution in [2.24, 2.45) is 5.41 Å². The zero-order valence-corrected chi connectivity index (χ0v) is 18.7. The number of rotatable bonds is 3. The van der Waals surface area contributed by atoms with Crippen LogP contribution in [0.25, 0.3) is 16.6 Å². The van der Waals surface area contributed by atoms with E-state index in [9.17, 15) is 5.26 Å². The van der Waals surface area contributed by atoms with Crippen LogP contribution in [0.15, 0.2) is 58.8 Å². The third kappa shape index (κ3) is 3.21. The van der Waals surface area contributed by atoms with Gasteiger partial charge in [-0.05, 0) is 43.2 Å². The summed E-state index contributed by atoms with van der Waals surface area (Å²) in [6.07, 6.45) is 15.7. The fourth-order valence-corrected chi connectivity index (χ4v) is 6.43. The lowest BCUT2D eigenvalue weighted by molar-refractivity contribution is 0.225. The molecule has 1 aliphatic heterocycles. The standard InChI is InChI=1S/C25H24N6S/c26-16-18-4-3-5-19-20(6-11-27-22(18)19)32-21-17-29-24(31-15-12-28-23(21)31)30-13-9-25(10-14-30)7-1-2-8-25/h3-6,11-12,15,17H,1-2,7-10,13-14H2. The smallest absolute Gasteiger partial charge is 0.211 e. The third-order valence-corrected chi connectivity index (χ3v) is 8.30. The molecule has 1 aromatic carbocycles. The van der Waals surface area contributed by atoms with Gasteiger partial charge >= 0.3 is 0 Å². The molecule has 1 aliphatic carbocycles. The molecule has 4 aromatic rings. The maximum absolute atomic E-state index is 9.43. The molecule has 1 saturated carbocycles. The van der Waals surface area contributed by atoms with E-state index in [1.54, 1.807) is 24.0 Å². The topological polar surface area (TPSA) is 70.1 Å². The van der Waals surface area contributed by atoms with E-state index in [4.69, 9.17) is 4.98 Å². The Morgan fingerprint density at radius 2 is 1.78 bits per heavy atom. The molecule has 0 atom stereocenters. The van der Waals surface area contributed by atoms with Gasteiger partial charge in [-0.3, -0.25) is 9.38 Å². The number of fused-ring (bicyclic) bond motifs is 2. The van der Waals surface area contributed by atoms with E-state index in [1.807, 2.05) is 36.8 Å². The van der Waals surface area contributed by atoms with Crippen LogP contribution in [0.4, 0.5) is 5.95 Å². The number of hydrogen-bond donors (Lipinski definition) is 0. The Hall–Kier alpha value is -3.11. The maximum atomic E-state index is 9.43. The molecule has 0 amide bonds. The molecule has 0 radical (unpaired) electrons. The monoisotopic (exact) mass is 440 g/mol. The molecule has 0 unspecified atom stereocenters. The average molecular weight is 441 g/mol. The Bertz CT molecular complexity index is 1340. The second-order valence-electron chi connectivity index (χ2n) is 8.96. The maximum Gasteiger partial charge on any atom is 0.211 e. The van der Waals surface area contributed by atoms with E-state index in [0.717, 1.165) is 45.4 Å². The minimum absolute atomic E-state index is 0.588. The lowest BCUT2D eigenvalue weighted by atomic mass is 9.77. The van der Waals surface area contributed by atoms with Crippen LogP contribution < -0.4 is 4.90 Å². The summed E-state index contributed by atoms with van der Waals surface area (Å²) >= 11 is 1.63. The fraction of sp³-hybridized carbons (Fsp3) is 0.360. The molecule has 3 aromatic heterocycles. The number of nitriles is 1. The van der Waals surface area contributed by atoms with Crippen LogP contribution >= 0.6 is 11.8 Å². The number of aromatic nitrogens is 4. The Morgan fingerprint density at radius 3 is 2.59 bits per heavy atom. The van der Waals surface area contributed by atoms with Crippen molar-refractivity contribution in [3.63, 3.8) is 0 Å².